The molecule has 1 aromatic carbocycles. The summed E-state index contributed by atoms with van der Waals surface area (Å²) in [7, 11) is 0. The van der Waals surface area contributed by atoms with Gasteiger partial charge in [0, 0.05) is 18.1 Å². The second-order valence-electron chi connectivity index (χ2n) is 5.36. The van der Waals surface area contributed by atoms with Crippen molar-refractivity contribution < 1.29 is 9.18 Å². The molecule has 0 fully saturated rings. The summed E-state index contributed by atoms with van der Waals surface area (Å²) in [6, 6.07) is 3.90. The molecule has 1 amide bonds. The van der Waals surface area contributed by atoms with Gasteiger partial charge in [0.1, 0.15) is 5.82 Å². The Balaban J connectivity index is 0.00000242. The quantitative estimate of drug-likeness (QED) is 0.857. The normalized spacial score (nSPS) is 11.3. The van der Waals surface area contributed by atoms with Crippen LogP contribution >= 0.6 is 24.8 Å². The van der Waals surface area contributed by atoms with Gasteiger partial charge in [0.15, 0.2) is 0 Å². The maximum Gasteiger partial charge on any atom is 0.241 e. The molecule has 0 radical (unpaired) electrons. The summed E-state index contributed by atoms with van der Waals surface area (Å²) >= 11 is 0. The second-order valence-corrected chi connectivity index (χ2v) is 5.36. The molecule has 0 aliphatic carbocycles. The smallest absolute Gasteiger partial charge is 0.241 e. The summed E-state index contributed by atoms with van der Waals surface area (Å²) in [6.45, 7) is 3.99. The van der Waals surface area contributed by atoms with Crippen molar-refractivity contribution >= 4 is 36.4 Å². The molecule has 0 bridgehead atoms. The molecule has 1 aromatic heterocycles. The third-order valence-corrected chi connectivity index (χ3v) is 3.06. The molecule has 0 aliphatic rings. The Morgan fingerprint density at radius 2 is 2.09 bits per heavy atom. The van der Waals surface area contributed by atoms with Gasteiger partial charge in [0.2, 0.25) is 5.91 Å². The van der Waals surface area contributed by atoms with E-state index >= 15 is 0 Å². The third-order valence-electron chi connectivity index (χ3n) is 3.06. The zero-order chi connectivity index (χ0) is 15.4. The lowest BCUT2D eigenvalue weighted by molar-refractivity contribution is -0.117. The maximum absolute atomic E-state index is 14.0. The van der Waals surface area contributed by atoms with Crippen molar-refractivity contribution in [1.29, 1.82) is 0 Å². The topological polar surface area (TPSA) is 72.9 Å². The lowest BCUT2D eigenvalue weighted by atomic mass is 10.0. The number of rotatable bonds is 5. The van der Waals surface area contributed by atoms with E-state index in [-0.39, 0.29) is 30.7 Å². The Morgan fingerprint density at radius 3 is 2.61 bits per heavy atom. The van der Waals surface area contributed by atoms with Gasteiger partial charge in [-0.25, -0.2) is 9.37 Å². The number of nitrogens with zero attached hydrogens (tertiary/aromatic N) is 2. The third kappa shape index (κ3) is 5.82. The highest BCUT2D eigenvalue weighted by atomic mass is 35.5. The van der Waals surface area contributed by atoms with Crippen LogP contribution in [0.2, 0.25) is 0 Å². The number of carbonyl (C=O) groups is 1. The number of nitrogens with one attached hydrogen (secondary N) is 1. The fourth-order valence-corrected chi connectivity index (χ4v) is 2.05. The predicted octanol–water partition coefficient (Wildman–Crippen LogP) is 3.17. The zero-order valence-electron chi connectivity index (χ0n) is 12.9. The minimum atomic E-state index is -0.596. The fraction of sp³-hybridized carbons (Fsp3) is 0.333. The van der Waals surface area contributed by atoms with E-state index in [2.05, 4.69) is 10.3 Å². The average molecular weight is 363 g/mol. The molecule has 0 saturated heterocycles. The van der Waals surface area contributed by atoms with E-state index in [4.69, 9.17) is 5.73 Å². The van der Waals surface area contributed by atoms with Crippen LogP contribution in [0.3, 0.4) is 0 Å². The Hall–Kier alpha value is -1.63. The van der Waals surface area contributed by atoms with E-state index < -0.39 is 11.9 Å². The first-order chi connectivity index (χ1) is 9.97. The van der Waals surface area contributed by atoms with E-state index in [9.17, 15) is 9.18 Å². The largest absolute Gasteiger partial charge is 0.325 e. The van der Waals surface area contributed by atoms with Crippen LogP contribution in [0.4, 0.5) is 10.1 Å². The van der Waals surface area contributed by atoms with Gasteiger partial charge in [0.05, 0.1) is 18.1 Å². The fourth-order valence-electron chi connectivity index (χ4n) is 2.05. The zero-order valence-corrected chi connectivity index (χ0v) is 14.5. The van der Waals surface area contributed by atoms with Crippen molar-refractivity contribution in [3.8, 4) is 5.69 Å². The number of nitrogens with two attached hydrogens (primary N) is 1. The number of halogens is 3. The average Bonchev–Trinajstić information content (AvgIpc) is 2.91. The number of carbonyl (C=O) groups excluding carboxylic acids is 1. The second kappa shape index (κ2) is 9.50. The van der Waals surface area contributed by atoms with Gasteiger partial charge in [-0.1, -0.05) is 13.8 Å². The van der Waals surface area contributed by atoms with Gasteiger partial charge in [0.25, 0.3) is 0 Å². The maximum atomic E-state index is 14.0. The van der Waals surface area contributed by atoms with Crippen LogP contribution in [0.5, 0.6) is 0 Å². The first-order valence-corrected chi connectivity index (χ1v) is 6.81. The van der Waals surface area contributed by atoms with Crippen LogP contribution in [0.15, 0.2) is 36.9 Å². The SMILES string of the molecule is CC(C)C[C@H](N)C(=O)Nc1ccc(-n2ccnc2)c(F)c1.Cl.Cl. The van der Waals surface area contributed by atoms with Crippen molar-refractivity contribution in [2.75, 3.05) is 5.32 Å². The predicted molar refractivity (Wildman–Crippen MR) is 94.1 cm³/mol. The van der Waals surface area contributed by atoms with E-state index in [0.717, 1.165) is 0 Å². The van der Waals surface area contributed by atoms with E-state index in [1.807, 2.05) is 13.8 Å². The van der Waals surface area contributed by atoms with E-state index in [1.54, 1.807) is 29.1 Å². The Morgan fingerprint density at radius 1 is 1.39 bits per heavy atom. The van der Waals surface area contributed by atoms with Crippen molar-refractivity contribution in [3.05, 3.63) is 42.7 Å². The van der Waals surface area contributed by atoms with Gasteiger partial charge in [-0.05, 0) is 30.5 Å². The van der Waals surface area contributed by atoms with Gasteiger partial charge in [-0.2, -0.15) is 0 Å². The number of benzene rings is 1. The number of anilines is 1. The molecular weight excluding hydrogens is 342 g/mol. The molecule has 0 saturated carbocycles. The van der Waals surface area contributed by atoms with Crippen LogP contribution in [0, 0.1) is 11.7 Å². The molecule has 3 N–H and O–H groups in total. The highest BCUT2D eigenvalue weighted by Crippen LogP contribution is 2.18. The Labute approximate surface area is 147 Å². The summed E-state index contributed by atoms with van der Waals surface area (Å²) in [6.07, 6.45) is 5.31. The lowest BCUT2D eigenvalue weighted by Crippen LogP contribution is -2.36. The minimum absolute atomic E-state index is 0. The van der Waals surface area contributed by atoms with Gasteiger partial charge in [-0.3, -0.25) is 4.79 Å². The van der Waals surface area contributed by atoms with Crippen LogP contribution in [-0.2, 0) is 4.79 Å². The molecule has 2 aromatic rings. The number of hydrogen-bond donors (Lipinski definition) is 2. The number of imidazole rings is 1. The number of aromatic nitrogens is 2. The van der Waals surface area contributed by atoms with Crippen molar-refractivity contribution in [2.45, 2.75) is 26.3 Å². The highest BCUT2D eigenvalue weighted by Gasteiger charge is 2.15. The molecule has 1 heterocycles. The van der Waals surface area contributed by atoms with Crippen LogP contribution in [-0.4, -0.2) is 21.5 Å². The molecule has 23 heavy (non-hydrogen) atoms. The summed E-state index contributed by atoms with van der Waals surface area (Å²) in [4.78, 5) is 15.8. The van der Waals surface area contributed by atoms with Gasteiger partial charge in [-0.15, -0.1) is 24.8 Å². The molecule has 8 heteroatoms. The molecule has 0 unspecified atom stereocenters. The van der Waals surface area contributed by atoms with Crippen molar-refractivity contribution in [1.82, 2.24) is 9.55 Å². The summed E-state index contributed by atoms with van der Waals surface area (Å²) in [5.41, 5.74) is 6.55. The first kappa shape index (κ1) is 21.4. The Bertz CT molecular complexity index is 620. The standard InChI is InChI=1S/C15H19FN4O.2ClH/c1-10(2)7-13(17)15(21)19-11-3-4-14(12(16)8-11)20-6-5-18-9-20;;/h3-6,8-10,13H,7,17H2,1-2H3,(H,19,21);2*1H/t13-;;/m0../s1. The monoisotopic (exact) mass is 362 g/mol. The molecule has 0 spiro atoms. The van der Waals surface area contributed by atoms with Crippen molar-refractivity contribution in [2.24, 2.45) is 11.7 Å². The van der Waals surface area contributed by atoms with E-state index in [0.29, 0.717) is 23.7 Å². The molecule has 2 rings (SSSR count). The molecule has 1 atom stereocenters. The van der Waals surface area contributed by atoms with E-state index in [1.165, 1.54) is 12.4 Å². The highest BCUT2D eigenvalue weighted by molar-refractivity contribution is 5.94. The molecular formula is C15H21Cl2FN4O. The molecule has 128 valence electrons. The summed E-state index contributed by atoms with van der Waals surface area (Å²) in [5.74, 6) is -0.423. The van der Waals surface area contributed by atoms with Crippen molar-refractivity contribution in [3.63, 3.8) is 0 Å². The van der Waals surface area contributed by atoms with Gasteiger partial charge < -0.3 is 15.6 Å². The molecule has 0 aliphatic heterocycles. The van der Waals surface area contributed by atoms with Crippen LogP contribution < -0.4 is 11.1 Å². The van der Waals surface area contributed by atoms with Crippen LogP contribution in [0.1, 0.15) is 20.3 Å². The Kier molecular flexibility index (Phi) is 8.82. The van der Waals surface area contributed by atoms with Crippen LogP contribution in [0.25, 0.3) is 5.69 Å². The minimum Gasteiger partial charge on any atom is -0.325 e. The number of amides is 1. The molecule has 5 nitrogen and oxygen atoms in total. The lowest BCUT2D eigenvalue weighted by Gasteiger charge is -2.14. The summed E-state index contributed by atoms with van der Waals surface area (Å²) in [5, 5.41) is 2.63. The first-order valence-electron chi connectivity index (χ1n) is 6.81. The summed E-state index contributed by atoms with van der Waals surface area (Å²) < 4.78 is 15.6. The van der Waals surface area contributed by atoms with Gasteiger partial charge >= 0.3 is 0 Å². The number of hydrogen-bond acceptors (Lipinski definition) is 3.